The number of rotatable bonds is 3. The van der Waals surface area contributed by atoms with E-state index in [0.29, 0.717) is 24.5 Å². The molecular weight excluding hydrogens is 250 g/mol. The highest BCUT2D eigenvalue weighted by atomic mass is 16.3. The molecule has 0 bridgehead atoms. The minimum absolute atomic E-state index is 0.216. The Morgan fingerprint density at radius 2 is 1.50 bits per heavy atom. The topological polar surface area (TPSA) is 40.5 Å². The number of aliphatic hydroxyl groups is 1. The lowest BCUT2D eigenvalue weighted by molar-refractivity contribution is -0.138. The SMILES string of the molecule is CN(C(=O)C1CCC(CO)CC1)C1CCCCCCC1. The number of aliphatic hydroxyl groups excluding tert-OH is 1. The lowest BCUT2D eigenvalue weighted by Crippen LogP contribution is -2.42. The molecule has 3 heteroatoms. The fraction of sp³-hybridized carbons (Fsp3) is 0.941. The predicted molar refractivity (Wildman–Crippen MR) is 81.4 cm³/mol. The Bertz CT molecular complexity index is 289. The van der Waals surface area contributed by atoms with Crippen LogP contribution in [-0.4, -0.2) is 35.6 Å². The summed E-state index contributed by atoms with van der Waals surface area (Å²) < 4.78 is 0. The molecule has 116 valence electrons. The largest absolute Gasteiger partial charge is 0.396 e. The van der Waals surface area contributed by atoms with Gasteiger partial charge in [-0.2, -0.15) is 0 Å². The van der Waals surface area contributed by atoms with Gasteiger partial charge < -0.3 is 10.0 Å². The van der Waals surface area contributed by atoms with Crippen LogP contribution in [0, 0.1) is 11.8 Å². The van der Waals surface area contributed by atoms with Crippen molar-refractivity contribution in [3.05, 3.63) is 0 Å². The Morgan fingerprint density at radius 3 is 2.05 bits per heavy atom. The lowest BCUT2D eigenvalue weighted by atomic mass is 9.81. The van der Waals surface area contributed by atoms with Crippen molar-refractivity contribution in [2.24, 2.45) is 11.8 Å². The Morgan fingerprint density at radius 1 is 0.950 bits per heavy atom. The second kappa shape index (κ2) is 8.02. The fourth-order valence-electron chi connectivity index (χ4n) is 3.88. The molecule has 3 nitrogen and oxygen atoms in total. The van der Waals surface area contributed by atoms with Crippen molar-refractivity contribution < 1.29 is 9.90 Å². The molecule has 2 aliphatic rings. The summed E-state index contributed by atoms with van der Waals surface area (Å²) in [6.45, 7) is 0.291. The van der Waals surface area contributed by atoms with E-state index in [1.165, 1.54) is 44.9 Å². The van der Waals surface area contributed by atoms with E-state index in [9.17, 15) is 9.90 Å². The highest BCUT2D eigenvalue weighted by molar-refractivity contribution is 5.79. The van der Waals surface area contributed by atoms with Gasteiger partial charge >= 0.3 is 0 Å². The molecule has 0 radical (unpaired) electrons. The van der Waals surface area contributed by atoms with E-state index in [0.717, 1.165) is 25.7 Å². The molecule has 1 amide bonds. The van der Waals surface area contributed by atoms with Gasteiger partial charge in [-0.05, 0) is 44.4 Å². The van der Waals surface area contributed by atoms with Gasteiger partial charge in [-0.1, -0.05) is 32.1 Å². The van der Waals surface area contributed by atoms with Gasteiger partial charge in [-0.3, -0.25) is 4.79 Å². The summed E-state index contributed by atoms with van der Waals surface area (Å²) in [5.74, 6) is 1.02. The molecule has 0 atom stereocenters. The van der Waals surface area contributed by atoms with E-state index in [4.69, 9.17) is 0 Å². The van der Waals surface area contributed by atoms with Crippen LogP contribution in [0.15, 0.2) is 0 Å². The van der Waals surface area contributed by atoms with Crippen LogP contribution >= 0.6 is 0 Å². The van der Waals surface area contributed by atoms with Gasteiger partial charge in [-0.15, -0.1) is 0 Å². The van der Waals surface area contributed by atoms with Crippen molar-refractivity contribution >= 4 is 5.91 Å². The summed E-state index contributed by atoms with van der Waals surface area (Å²) in [5.41, 5.74) is 0. The molecule has 0 spiro atoms. The molecule has 0 unspecified atom stereocenters. The van der Waals surface area contributed by atoms with Crippen LogP contribution in [0.5, 0.6) is 0 Å². The second-order valence-corrected chi connectivity index (χ2v) is 6.85. The molecule has 0 aromatic rings. The molecule has 1 N–H and O–H groups in total. The molecule has 2 rings (SSSR count). The maximum absolute atomic E-state index is 12.7. The number of hydrogen-bond acceptors (Lipinski definition) is 2. The first-order valence-corrected chi connectivity index (χ1v) is 8.60. The summed E-state index contributed by atoms with van der Waals surface area (Å²) in [4.78, 5) is 14.7. The lowest BCUT2D eigenvalue weighted by Gasteiger charge is -2.35. The van der Waals surface area contributed by atoms with Crippen molar-refractivity contribution in [3.8, 4) is 0 Å². The summed E-state index contributed by atoms with van der Waals surface area (Å²) in [5, 5.41) is 9.19. The first-order chi connectivity index (χ1) is 9.72. The van der Waals surface area contributed by atoms with Gasteiger partial charge in [-0.25, -0.2) is 0 Å². The molecule has 2 aliphatic carbocycles. The maximum atomic E-state index is 12.7. The van der Waals surface area contributed by atoms with Gasteiger partial charge in [0.15, 0.2) is 0 Å². The minimum Gasteiger partial charge on any atom is -0.396 e. The maximum Gasteiger partial charge on any atom is 0.225 e. The van der Waals surface area contributed by atoms with Gasteiger partial charge in [0, 0.05) is 25.6 Å². The van der Waals surface area contributed by atoms with Gasteiger partial charge in [0.25, 0.3) is 0 Å². The third kappa shape index (κ3) is 4.21. The van der Waals surface area contributed by atoms with E-state index in [2.05, 4.69) is 4.90 Å². The van der Waals surface area contributed by atoms with Gasteiger partial charge in [0.1, 0.15) is 0 Å². The summed E-state index contributed by atoms with van der Waals surface area (Å²) in [6.07, 6.45) is 13.0. The Hall–Kier alpha value is -0.570. The Balaban J connectivity index is 1.84. The van der Waals surface area contributed by atoms with Crippen LogP contribution in [0.1, 0.15) is 70.6 Å². The van der Waals surface area contributed by atoms with Gasteiger partial charge in [0.2, 0.25) is 5.91 Å². The van der Waals surface area contributed by atoms with Crippen LogP contribution in [0.3, 0.4) is 0 Å². The molecule has 0 aromatic carbocycles. The average molecular weight is 281 g/mol. The standard InChI is InChI=1S/C17H31NO2/c1-18(16-7-5-3-2-4-6-8-16)17(20)15-11-9-14(13-19)10-12-15/h14-16,19H,2-13H2,1H3. The highest BCUT2D eigenvalue weighted by Crippen LogP contribution is 2.31. The molecule has 0 heterocycles. The number of carbonyl (C=O) groups excluding carboxylic acids is 1. The molecule has 20 heavy (non-hydrogen) atoms. The Labute approximate surface area is 123 Å². The van der Waals surface area contributed by atoms with Crippen molar-refractivity contribution in [2.45, 2.75) is 76.7 Å². The normalized spacial score (nSPS) is 29.5. The van der Waals surface area contributed by atoms with Crippen molar-refractivity contribution in [3.63, 3.8) is 0 Å². The molecule has 2 fully saturated rings. The number of amides is 1. The van der Waals surface area contributed by atoms with E-state index < -0.39 is 0 Å². The smallest absolute Gasteiger partial charge is 0.225 e. The predicted octanol–water partition coefficient (Wildman–Crippen LogP) is 3.36. The quantitative estimate of drug-likeness (QED) is 0.861. The van der Waals surface area contributed by atoms with Crippen LogP contribution < -0.4 is 0 Å². The third-order valence-corrected chi connectivity index (χ3v) is 5.42. The monoisotopic (exact) mass is 281 g/mol. The molecule has 0 saturated heterocycles. The second-order valence-electron chi connectivity index (χ2n) is 6.85. The van der Waals surface area contributed by atoms with E-state index in [1.54, 1.807) is 0 Å². The summed E-state index contributed by atoms with van der Waals surface area (Å²) in [6, 6.07) is 0.471. The van der Waals surface area contributed by atoms with Crippen LogP contribution in [0.25, 0.3) is 0 Å². The Kier molecular flexibility index (Phi) is 6.34. The van der Waals surface area contributed by atoms with Gasteiger partial charge in [0.05, 0.1) is 0 Å². The zero-order valence-electron chi connectivity index (χ0n) is 13.0. The summed E-state index contributed by atoms with van der Waals surface area (Å²) >= 11 is 0. The number of hydrogen-bond donors (Lipinski definition) is 1. The molecular formula is C17H31NO2. The first-order valence-electron chi connectivity index (χ1n) is 8.60. The molecule has 0 aromatic heterocycles. The average Bonchev–Trinajstić information content (AvgIpc) is 2.46. The van der Waals surface area contributed by atoms with Crippen LogP contribution in [0.4, 0.5) is 0 Å². The van der Waals surface area contributed by atoms with Crippen molar-refractivity contribution in [1.29, 1.82) is 0 Å². The van der Waals surface area contributed by atoms with E-state index in [1.807, 2.05) is 7.05 Å². The van der Waals surface area contributed by atoms with E-state index >= 15 is 0 Å². The third-order valence-electron chi connectivity index (χ3n) is 5.42. The highest BCUT2D eigenvalue weighted by Gasteiger charge is 2.30. The first kappa shape index (κ1) is 15.8. The zero-order valence-corrected chi connectivity index (χ0v) is 13.0. The molecule has 2 saturated carbocycles. The van der Waals surface area contributed by atoms with Crippen molar-refractivity contribution in [2.75, 3.05) is 13.7 Å². The van der Waals surface area contributed by atoms with Crippen molar-refractivity contribution in [1.82, 2.24) is 4.90 Å². The number of nitrogens with zero attached hydrogens (tertiary/aromatic N) is 1. The minimum atomic E-state index is 0.216. The van der Waals surface area contributed by atoms with E-state index in [-0.39, 0.29) is 5.92 Å². The van der Waals surface area contributed by atoms with Crippen LogP contribution in [-0.2, 0) is 4.79 Å². The van der Waals surface area contributed by atoms with Crippen LogP contribution in [0.2, 0.25) is 0 Å². The number of carbonyl (C=O) groups is 1. The zero-order chi connectivity index (χ0) is 14.4. The molecule has 0 aliphatic heterocycles. The summed E-state index contributed by atoms with van der Waals surface area (Å²) in [7, 11) is 2.02. The fourth-order valence-corrected chi connectivity index (χ4v) is 3.88.